The van der Waals surface area contributed by atoms with Crippen LogP contribution in [0.2, 0.25) is 0 Å². The second kappa shape index (κ2) is 7.35. The minimum absolute atomic E-state index is 0.0462. The third-order valence-electron chi connectivity index (χ3n) is 4.38. The lowest BCUT2D eigenvalue weighted by atomic mass is 9.88. The molecule has 3 aromatic carbocycles. The van der Waals surface area contributed by atoms with E-state index in [9.17, 15) is 13.2 Å². The molecular formula is C22H19F3O2. The molecule has 0 saturated heterocycles. The number of para-hydroxylation sites is 1. The first-order valence-corrected chi connectivity index (χ1v) is 8.35. The van der Waals surface area contributed by atoms with Gasteiger partial charge in [0.05, 0.1) is 19.8 Å². The van der Waals surface area contributed by atoms with Crippen molar-refractivity contribution in [1.29, 1.82) is 0 Å². The van der Waals surface area contributed by atoms with Crippen molar-refractivity contribution in [3.05, 3.63) is 71.8 Å². The highest BCUT2D eigenvalue weighted by molar-refractivity contribution is 5.92. The lowest BCUT2D eigenvalue weighted by molar-refractivity contribution is -0.137. The predicted molar refractivity (Wildman–Crippen MR) is 100 cm³/mol. The number of halogens is 3. The fraction of sp³-hybridized carbons (Fsp3) is 0.182. The number of hydrogen-bond acceptors (Lipinski definition) is 2. The number of ether oxygens (including phenoxy) is 2. The normalized spacial score (nSPS) is 11.3. The molecule has 0 saturated carbocycles. The smallest absolute Gasteiger partial charge is 0.417 e. The van der Waals surface area contributed by atoms with Gasteiger partial charge in [-0.1, -0.05) is 48.0 Å². The molecule has 0 bridgehead atoms. The number of benzene rings is 3. The maximum atomic E-state index is 13.9. The summed E-state index contributed by atoms with van der Waals surface area (Å²) in [5.74, 6) is 0.736. The Bertz CT molecular complexity index is 962. The van der Waals surface area contributed by atoms with Crippen LogP contribution >= 0.6 is 0 Å². The van der Waals surface area contributed by atoms with Crippen molar-refractivity contribution >= 4 is 0 Å². The first kappa shape index (κ1) is 18.8. The third-order valence-corrected chi connectivity index (χ3v) is 4.38. The molecule has 0 radical (unpaired) electrons. The number of hydrogen-bond donors (Lipinski definition) is 0. The van der Waals surface area contributed by atoms with Crippen LogP contribution in [0.15, 0.2) is 60.7 Å². The zero-order chi connectivity index (χ0) is 19.6. The van der Waals surface area contributed by atoms with Gasteiger partial charge in [-0.3, -0.25) is 0 Å². The zero-order valence-corrected chi connectivity index (χ0v) is 15.2. The van der Waals surface area contributed by atoms with Gasteiger partial charge in [-0.15, -0.1) is 0 Å². The monoisotopic (exact) mass is 372 g/mol. The van der Waals surface area contributed by atoms with E-state index in [-0.39, 0.29) is 5.56 Å². The molecule has 0 atom stereocenters. The number of rotatable bonds is 4. The Balaban J connectivity index is 2.47. The maximum Gasteiger partial charge on any atom is 0.417 e. The fourth-order valence-electron chi connectivity index (χ4n) is 3.21. The van der Waals surface area contributed by atoms with E-state index in [4.69, 9.17) is 9.47 Å². The van der Waals surface area contributed by atoms with E-state index in [1.54, 1.807) is 30.3 Å². The van der Waals surface area contributed by atoms with Crippen LogP contribution in [0.1, 0.15) is 11.1 Å². The van der Waals surface area contributed by atoms with Crippen LogP contribution in [-0.2, 0) is 6.18 Å². The second-order valence-corrected chi connectivity index (χ2v) is 6.13. The molecule has 140 valence electrons. The summed E-state index contributed by atoms with van der Waals surface area (Å²) in [6, 6.07) is 16.4. The summed E-state index contributed by atoms with van der Waals surface area (Å²) in [4.78, 5) is 0. The maximum absolute atomic E-state index is 13.9. The highest BCUT2D eigenvalue weighted by Gasteiger charge is 2.36. The first-order chi connectivity index (χ1) is 12.9. The molecule has 0 aliphatic heterocycles. The molecular weight excluding hydrogens is 353 g/mol. The average Bonchev–Trinajstić information content (AvgIpc) is 2.66. The molecule has 0 aliphatic carbocycles. The minimum Gasteiger partial charge on any atom is -0.496 e. The van der Waals surface area contributed by atoms with Crippen molar-refractivity contribution in [2.75, 3.05) is 14.2 Å². The Morgan fingerprint density at radius 1 is 0.741 bits per heavy atom. The Labute approximate surface area is 156 Å². The Morgan fingerprint density at radius 3 is 2.07 bits per heavy atom. The molecule has 3 rings (SSSR count). The van der Waals surface area contributed by atoms with Crippen molar-refractivity contribution in [3.8, 4) is 33.8 Å². The Kier molecular flexibility index (Phi) is 5.13. The summed E-state index contributed by atoms with van der Waals surface area (Å²) >= 11 is 0. The lowest BCUT2D eigenvalue weighted by Crippen LogP contribution is -2.09. The van der Waals surface area contributed by atoms with E-state index >= 15 is 0 Å². The molecule has 0 amide bonds. The first-order valence-electron chi connectivity index (χ1n) is 8.35. The van der Waals surface area contributed by atoms with Crippen molar-refractivity contribution in [3.63, 3.8) is 0 Å². The van der Waals surface area contributed by atoms with E-state index in [0.29, 0.717) is 28.2 Å². The van der Waals surface area contributed by atoms with Crippen LogP contribution in [0.25, 0.3) is 22.3 Å². The van der Waals surface area contributed by atoms with Gasteiger partial charge in [-0.05, 0) is 30.7 Å². The summed E-state index contributed by atoms with van der Waals surface area (Å²) < 4.78 is 52.5. The molecule has 0 fully saturated rings. The number of methoxy groups -OCH3 is 2. The standard InChI is InChI=1S/C22H19F3O2/c1-14-7-6-8-15(13-14)20-19(27-3)12-11-17(22(23,24)25)21(20)16-9-4-5-10-18(16)26-2/h4-13H,1-3H3. The Hall–Kier alpha value is -2.95. The van der Waals surface area contributed by atoms with Gasteiger partial charge in [0.2, 0.25) is 0 Å². The SMILES string of the molecule is COc1ccccc1-c1c(C(F)(F)F)ccc(OC)c1-c1cccc(C)c1. The highest BCUT2D eigenvalue weighted by atomic mass is 19.4. The van der Waals surface area contributed by atoms with Gasteiger partial charge in [-0.25, -0.2) is 0 Å². The molecule has 0 spiro atoms. The van der Waals surface area contributed by atoms with Crippen LogP contribution in [0.3, 0.4) is 0 Å². The summed E-state index contributed by atoms with van der Waals surface area (Å²) in [5, 5.41) is 0. The van der Waals surface area contributed by atoms with E-state index in [2.05, 4.69) is 0 Å². The van der Waals surface area contributed by atoms with Gasteiger partial charge in [0, 0.05) is 16.7 Å². The Morgan fingerprint density at radius 2 is 1.44 bits per heavy atom. The molecule has 0 aliphatic rings. The largest absolute Gasteiger partial charge is 0.496 e. The number of alkyl halides is 3. The van der Waals surface area contributed by atoms with Crippen molar-refractivity contribution in [2.24, 2.45) is 0 Å². The van der Waals surface area contributed by atoms with Crippen LogP contribution in [0.5, 0.6) is 11.5 Å². The molecule has 0 aromatic heterocycles. The van der Waals surface area contributed by atoms with Crippen molar-refractivity contribution in [2.45, 2.75) is 13.1 Å². The summed E-state index contributed by atoms with van der Waals surface area (Å²) in [6.07, 6.45) is -4.53. The minimum atomic E-state index is -4.53. The van der Waals surface area contributed by atoms with Gasteiger partial charge in [0.25, 0.3) is 0 Å². The molecule has 27 heavy (non-hydrogen) atoms. The van der Waals surface area contributed by atoms with Gasteiger partial charge >= 0.3 is 6.18 Å². The molecule has 0 N–H and O–H groups in total. The van der Waals surface area contributed by atoms with E-state index in [1.807, 2.05) is 25.1 Å². The quantitative estimate of drug-likeness (QED) is 0.530. The van der Waals surface area contributed by atoms with Gasteiger partial charge in [-0.2, -0.15) is 13.2 Å². The zero-order valence-electron chi connectivity index (χ0n) is 15.2. The van der Waals surface area contributed by atoms with Crippen molar-refractivity contribution in [1.82, 2.24) is 0 Å². The highest BCUT2D eigenvalue weighted by Crippen LogP contribution is 2.48. The van der Waals surface area contributed by atoms with Gasteiger partial charge < -0.3 is 9.47 Å². The molecule has 5 heteroatoms. The lowest BCUT2D eigenvalue weighted by Gasteiger charge is -2.21. The van der Waals surface area contributed by atoms with Gasteiger partial charge in [0.15, 0.2) is 0 Å². The molecule has 0 heterocycles. The second-order valence-electron chi connectivity index (χ2n) is 6.13. The van der Waals surface area contributed by atoms with E-state index < -0.39 is 11.7 Å². The van der Waals surface area contributed by atoms with Crippen LogP contribution in [0, 0.1) is 6.92 Å². The average molecular weight is 372 g/mol. The summed E-state index contributed by atoms with van der Waals surface area (Å²) in [5.41, 5.74) is 1.66. The fourth-order valence-corrected chi connectivity index (χ4v) is 3.21. The molecule has 2 nitrogen and oxygen atoms in total. The third kappa shape index (κ3) is 3.63. The molecule has 0 unspecified atom stereocenters. The summed E-state index contributed by atoms with van der Waals surface area (Å²) in [7, 11) is 2.90. The van der Waals surface area contributed by atoms with Gasteiger partial charge in [0.1, 0.15) is 11.5 Å². The predicted octanol–water partition coefficient (Wildman–Crippen LogP) is 6.37. The van der Waals surface area contributed by atoms with Crippen LogP contribution in [0.4, 0.5) is 13.2 Å². The van der Waals surface area contributed by atoms with E-state index in [1.165, 1.54) is 20.3 Å². The summed E-state index contributed by atoms with van der Waals surface area (Å²) in [6.45, 7) is 1.90. The van der Waals surface area contributed by atoms with Crippen molar-refractivity contribution < 1.29 is 22.6 Å². The molecule has 3 aromatic rings. The van der Waals surface area contributed by atoms with Crippen LogP contribution in [-0.4, -0.2) is 14.2 Å². The topological polar surface area (TPSA) is 18.5 Å². The van der Waals surface area contributed by atoms with Crippen LogP contribution < -0.4 is 9.47 Å². The number of aryl methyl sites for hydroxylation is 1. The van der Waals surface area contributed by atoms with E-state index in [0.717, 1.165) is 11.6 Å².